The van der Waals surface area contributed by atoms with Crippen LogP contribution in [0.4, 0.5) is 11.4 Å². The van der Waals surface area contributed by atoms with E-state index in [-0.39, 0.29) is 26.6 Å². The van der Waals surface area contributed by atoms with Crippen LogP contribution in [-0.4, -0.2) is 39.9 Å². The summed E-state index contributed by atoms with van der Waals surface area (Å²) in [6, 6.07) is 14.5. The molecule has 0 aliphatic carbocycles. The van der Waals surface area contributed by atoms with Crippen molar-refractivity contribution in [2.45, 2.75) is 16.7 Å². The lowest BCUT2D eigenvalue weighted by Crippen LogP contribution is -2.38. The molecule has 0 atom stereocenters. The SMILES string of the molecule is COC(=O)c1ccc2c(c1)N(CC(=O)Nc1cc(Cl)ccc1C)C(=O)c1ccccc1S2(=O)=O. The summed E-state index contributed by atoms with van der Waals surface area (Å²) in [4.78, 5) is 39.2. The first kappa shape index (κ1) is 23.5. The average Bonchev–Trinajstić information content (AvgIpc) is 2.89. The molecule has 0 saturated heterocycles. The van der Waals surface area contributed by atoms with Crippen LogP contribution in [0, 0.1) is 6.92 Å². The fourth-order valence-electron chi connectivity index (χ4n) is 3.67. The third-order valence-electron chi connectivity index (χ3n) is 5.39. The summed E-state index contributed by atoms with van der Waals surface area (Å²) >= 11 is 6.03. The Hall–Kier alpha value is -3.69. The predicted molar refractivity (Wildman–Crippen MR) is 126 cm³/mol. The van der Waals surface area contributed by atoms with Crippen LogP contribution in [-0.2, 0) is 19.4 Å². The highest BCUT2D eigenvalue weighted by atomic mass is 35.5. The first-order valence-corrected chi connectivity index (χ1v) is 11.9. The van der Waals surface area contributed by atoms with Crippen LogP contribution in [0.15, 0.2) is 70.5 Å². The number of methoxy groups -OCH3 is 1. The van der Waals surface area contributed by atoms with Gasteiger partial charge in [-0.25, -0.2) is 13.2 Å². The van der Waals surface area contributed by atoms with Crippen molar-refractivity contribution in [3.8, 4) is 0 Å². The second kappa shape index (κ2) is 8.92. The third-order valence-corrected chi connectivity index (χ3v) is 7.48. The highest BCUT2D eigenvalue weighted by Crippen LogP contribution is 2.37. The lowest BCUT2D eigenvalue weighted by Gasteiger charge is -2.23. The Morgan fingerprint density at radius 1 is 1.03 bits per heavy atom. The number of hydrogen-bond donors (Lipinski definition) is 1. The zero-order chi connectivity index (χ0) is 24.6. The highest BCUT2D eigenvalue weighted by Gasteiger charge is 2.37. The maximum absolute atomic E-state index is 13.5. The van der Waals surface area contributed by atoms with Crippen LogP contribution in [0.1, 0.15) is 26.3 Å². The van der Waals surface area contributed by atoms with Crippen molar-refractivity contribution in [1.29, 1.82) is 0 Å². The van der Waals surface area contributed by atoms with Crippen molar-refractivity contribution < 1.29 is 27.5 Å². The molecule has 0 fully saturated rings. The van der Waals surface area contributed by atoms with Crippen LogP contribution in [0.5, 0.6) is 0 Å². The molecule has 0 radical (unpaired) electrons. The molecule has 0 unspecified atom stereocenters. The molecule has 1 N–H and O–H groups in total. The fraction of sp³-hybridized carbons (Fsp3) is 0.125. The number of anilines is 2. The van der Waals surface area contributed by atoms with Gasteiger partial charge in [0, 0.05) is 10.7 Å². The Bertz CT molecular complexity index is 1450. The minimum absolute atomic E-state index is 0.0336. The van der Waals surface area contributed by atoms with Gasteiger partial charge in [0.25, 0.3) is 5.91 Å². The van der Waals surface area contributed by atoms with E-state index in [1.165, 1.54) is 49.6 Å². The molecular formula is C24H19ClN2O6S. The summed E-state index contributed by atoms with van der Waals surface area (Å²) in [5.41, 5.74) is 1.07. The molecule has 10 heteroatoms. The molecule has 3 aromatic carbocycles. The molecule has 174 valence electrons. The molecule has 4 rings (SSSR count). The zero-order valence-corrected chi connectivity index (χ0v) is 19.7. The standard InChI is InChI=1S/C24H19ClN2O6S/c1-14-7-9-16(25)12-18(14)26-22(28)13-27-19-11-15(24(30)33-2)8-10-21(19)34(31,32)20-6-4-3-5-17(20)23(27)29/h3-12H,13H2,1-2H3,(H,26,28). The molecule has 8 nitrogen and oxygen atoms in total. The first-order chi connectivity index (χ1) is 16.1. The lowest BCUT2D eigenvalue weighted by molar-refractivity contribution is -0.114. The van der Waals surface area contributed by atoms with Crippen LogP contribution in [0.2, 0.25) is 5.02 Å². The number of carbonyl (C=O) groups excluding carboxylic acids is 3. The molecule has 1 aliphatic rings. The Balaban J connectivity index is 1.84. The van der Waals surface area contributed by atoms with E-state index in [0.29, 0.717) is 10.7 Å². The van der Waals surface area contributed by atoms with Gasteiger partial charge in [0.15, 0.2) is 0 Å². The largest absolute Gasteiger partial charge is 0.465 e. The van der Waals surface area contributed by atoms with Crippen molar-refractivity contribution >= 4 is 50.6 Å². The Kier molecular flexibility index (Phi) is 6.16. The maximum atomic E-state index is 13.5. The highest BCUT2D eigenvalue weighted by molar-refractivity contribution is 7.91. The molecule has 0 bridgehead atoms. The number of fused-ring (bicyclic) bond motifs is 2. The summed E-state index contributed by atoms with van der Waals surface area (Å²) < 4.78 is 31.5. The van der Waals surface area contributed by atoms with Gasteiger partial charge in [-0.2, -0.15) is 0 Å². The van der Waals surface area contributed by atoms with Gasteiger partial charge < -0.3 is 10.1 Å². The van der Waals surface area contributed by atoms with Crippen molar-refractivity contribution in [1.82, 2.24) is 0 Å². The molecule has 1 aliphatic heterocycles. The van der Waals surface area contributed by atoms with Crippen molar-refractivity contribution in [3.63, 3.8) is 0 Å². The third kappa shape index (κ3) is 4.15. The number of benzene rings is 3. The van der Waals surface area contributed by atoms with E-state index < -0.39 is 34.2 Å². The van der Waals surface area contributed by atoms with Crippen LogP contribution < -0.4 is 10.2 Å². The van der Waals surface area contributed by atoms with E-state index in [9.17, 15) is 22.8 Å². The number of sulfone groups is 1. The van der Waals surface area contributed by atoms with E-state index in [1.807, 2.05) is 0 Å². The van der Waals surface area contributed by atoms with E-state index in [4.69, 9.17) is 16.3 Å². The van der Waals surface area contributed by atoms with Crippen molar-refractivity contribution in [3.05, 3.63) is 82.4 Å². The van der Waals surface area contributed by atoms with E-state index >= 15 is 0 Å². The number of rotatable bonds is 4. The van der Waals surface area contributed by atoms with Crippen LogP contribution in [0.3, 0.4) is 0 Å². The minimum Gasteiger partial charge on any atom is -0.465 e. The summed E-state index contributed by atoms with van der Waals surface area (Å²) in [6.07, 6.45) is 0. The number of halogens is 1. The summed E-state index contributed by atoms with van der Waals surface area (Å²) in [6.45, 7) is 1.27. The number of amides is 2. The number of ether oxygens (including phenoxy) is 1. The maximum Gasteiger partial charge on any atom is 0.337 e. The summed E-state index contributed by atoms with van der Waals surface area (Å²) in [5.74, 6) is -1.99. The van der Waals surface area contributed by atoms with Gasteiger partial charge in [-0.3, -0.25) is 14.5 Å². The molecule has 0 aromatic heterocycles. The number of nitrogens with zero attached hydrogens (tertiary/aromatic N) is 1. The van der Waals surface area contributed by atoms with E-state index in [1.54, 1.807) is 25.1 Å². The molecule has 0 saturated carbocycles. The van der Waals surface area contributed by atoms with Gasteiger partial charge in [-0.15, -0.1) is 0 Å². The fourth-order valence-corrected chi connectivity index (χ4v) is 5.47. The van der Waals surface area contributed by atoms with Gasteiger partial charge in [0.05, 0.1) is 33.7 Å². The Morgan fingerprint density at radius 2 is 1.76 bits per heavy atom. The topological polar surface area (TPSA) is 110 Å². The predicted octanol–water partition coefficient (Wildman–Crippen LogP) is 3.87. The monoisotopic (exact) mass is 498 g/mol. The number of carbonyl (C=O) groups is 3. The molecule has 3 aromatic rings. The molecule has 2 amide bonds. The number of esters is 1. The van der Waals surface area contributed by atoms with Gasteiger partial charge in [0.2, 0.25) is 15.7 Å². The first-order valence-electron chi connectivity index (χ1n) is 10.1. The van der Waals surface area contributed by atoms with Gasteiger partial charge in [0.1, 0.15) is 6.54 Å². The van der Waals surface area contributed by atoms with Crippen LogP contribution in [0.25, 0.3) is 0 Å². The summed E-state index contributed by atoms with van der Waals surface area (Å²) in [5, 5.41) is 3.12. The quantitative estimate of drug-likeness (QED) is 0.547. The number of hydrogen-bond acceptors (Lipinski definition) is 6. The number of nitrogens with one attached hydrogen (secondary N) is 1. The minimum atomic E-state index is -4.12. The van der Waals surface area contributed by atoms with Crippen molar-refractivity contribution in [2.75, 3.05) is 23.9 Å². The Labute approximate surface area is 201 Å². The zero-order valence-electron chi connectivity index (χ0n) is 18.2. The average molecular weight is 499 g/mol. The molecule has 1 heterocycles. The van der Waals surface area contributed by atoms with Gasteiger partial charge >= 0.3 is 5.97 Å². The number of aryl methyl sites for hydroxylation is 1. The molecule has 0 spiro atoms. The Morgan fingerprint density at radius 3 is 2.50 bits per heavy atom. The second-order valence-electron chi connectivity index (χ2n) is 7.57. The molecule has 34 heavy (non-hydrogen) atoms. The molecular weight excluding hydrogens is 480 g/mol. The smallest absolute Gasteiger partial charge is 0.337 e. The van der Waals surface area contributed by atoms with Gasteiger partial charge in [-0.05, 0) is 55.0 Å². The van der Waals surface area contributed by atoms with Gasteiger partial charge in [-0.1, -0.05) is 29.8 Å². The van der Waals surface area contributed by atoms with E-state index in [2.05, 4.69) is 5.32 Å². The normalized spacial score (nSPS) is 14.0. The second-order valence-corrected chi connectivity index (χ2v) is 9.90. The van der Waals surface area contributed by atoms with E-state index in [0.717, 1.165) is 10.5 Å². The summed E-state index contributed by atoms with van der Waals surface area (Å²) in [7, 11) is -2.94. The van der Waals surface area contributed by atoms with Crippen molar-refractivity contribution in [2.24, 2.45) is 0 Å². The van der Waals surface area contributed by atoms with Crippen LogP contribution >= 0.6 is 11.6 Å². The lowest BCUT2D eigenvalue weighted by atomic mass is 10.1.